The lowest BCUT2D eigenvalue weighted by molar-refractivity contribution is 0.306. The minimum Gasteiger partial charge on any atom is -0.489 e. The summed E-state index contributed by atoms with van der Waals surface area (Å²) in [6.07, 6.45) is 0. The standard InChI is InChI=1S/C20H12ClFN4O2/c21-17-7-13(22)4-1-12(17)10-28-14-5-2-11(3-6-14)18-15(8-23)19(25)26-20(27)16(18)9-24/h1-7H,10H2,(H3,25,26,27). The van der Waals surface area contributed by atoms with Gasteiger partial charge in [0.2, 0.25) is 0 Å². The summed E-state index contributed by atoms with van der Waals surface area (Å²) in [6.45, 7) is 0.128. The topological polar surface area (TPSA) is 116 Å². The molecule has 1 aromatic heterocycles. The molecule has 0 saturated carbocycles. The van der Waals surface area contributed by atoms with Crippen LogP contribution in [0.3, 0.4) is 0 Å². The van der Waals surface area contributed by atoms with Crippen LogP contribution in [0.1, 0.15) is 16.7 Å². The number of rotatable bonds is 4. The predicted molar refractivity (Wildman–Crippen MR) is 102 cm³/mol. The first-order valence-corrected chi connectivity index (χ1v) is 8.35. The van der Waals surface area contributed by atoms with E-state index in [1.807, 2.05) is 12.1 Å². The third-order valence-corrected chi connectivity index (χ3v) is 4.37. The highest BCUT2D eigenvalue weighted by Gasteiger charge is 2.18. The van der Waals surface area contributed by atoms with E-state index in [0.29, 0.717) is 16.9 Å². The first-order chi connectivity index (χ1) is 13.4. The van der Waals surface area contributed by atoms with Crippen LogP contribution >= 0.6 is 11.6 Å². The minimum atomic E-state index is -0.666. The maximum atomic E-state index is 13.1. The molecule has 0 saturated heterocycles. The molecule has 1 heterocycles. The van der Waals surface area contributed by atoms with Crippen LogP contribution in [0, 0.1) is 28.5 Å². The lowest BCUT2D eigenvalue weighted by Crippen LogP contribution is -2.16. The maximum absolute atomic E-state index is 13.1. The van der Waals surface area contributed by atoms with Crippen LogP contribution in [0.15, 0.2) is 47.3 Å². The first kappa shape index (κ1) is 19.0. The number of nitriles is 2. The number of ether oxygens (including phenoxy) is 1. The van der Waals surface area contributed by atoms with Gasteiger partial charge in [-0.15, -0.1) is 0 Å². The Hall–Kier alpha value is -3.81. The van der Waals surface area contributed by atoms with Crippen molar-refractivity contribution in [1.29, 1.82) is 10.5 Å². The molecular weight excluding hydrogens is 383 g/mol. The van der Waals surface area contributed by atoms with Gasteiger partial charge in [-0.05, 0) is 29.8 Å². The number of halogens is 2. The lowest BCUT2D eigenvalue weighted by Gasteiger charge is -2.11. The highest BCUT2D eigenvalue weighted by Crippen LogP contribution is 2.29. The second-order valence-corrected chi connectivity index (χ2v) is 6.17. The lowest BCUT2D eigenvalue weighted by atomic mass is 9.96. The number of aromatic amines is 1. The molecule has 3 N–H and O–H groups in total. The van der Waals surface area contributed by atoms with E-state index in [0.717, 1.165) is 0 Å². The first-order valence-electron chi connectivity index (χ1n) is 7.97. The average Bonchev–Trinajstić information content (AvgIpc) is 2.67. The van der Waals surface area contributed by atoms with Crippen LogP contribution in [0.4, 0.5) is 10.2 Å². The van der Waals surface area contributed by atoms with Gasteiger partial charge in [-0.1, -0.05) is 29.8 Å². The zero-order valence-corrected chi connectivity index (χ0v) is 15.0. The Kier molecular flexibility index (Phi) is 5.30. The molecule has 0 aliphatic rings. The largest absolute Gasteiger partial charge is 0.489 e. The number of H-pyrrole nitrogens is 1. The molecule has 0 fully saturated rings. The van der Waals surface area contributed by atoms with E-state index in [9.17, 15) is 19.7 Å². The Morgan fingerprint density at radius 2 is 1.79 bits per heavy atom. The molecule has 2 aromatic carbocycles. The van der Waals surface area contributed by atoms with Crippen LogP contribution < -0.4 is 16.0 Å². The molecule has 8 heteroatoms. The summed E-state index contributed by atoms with van der Waals surface area (Å²) in [5.74, 6) is -0.0523. The monoisotopic (exact) mass is 394 g/mol. The molecule has 0 amide bonds. The number of nitrogen functional groups attached to an aromatic ring is 1. The Morgan fingerprint density at radius 3 is 2.39 bits per heavy atom. The van der Waals surface area contributed by atoms with E-state index in [2.05, 4.69) is 4.98 Å². The van der Waals surface area contributed by atoms with E-state index in [1.54, 1.807) is 24.3 Å². The van der Waals surface area contributed by atoms with Gasteiger partial charge in [-0.2, -0.15) is 10.5 Å². The maximum Gasteiger partial charge on any atom is 0.268 e. The van der Waals surface area contributed by atoms with Gasteiger partial charge in [0.15, 0.2) is 0 Å². The quantitative estimate of drug-likeness (QED) is 0.699. The molecule has 3 aromatic rings. The molecule has 0 radical (unpaired) electrons. The van der Waals surface area contributed by atoms with Crippen LogP contribution in [-0.2, 0) is 6.61 Å². The SMILES string of the molecule is N#Cc1c(N)[nH]c(=O)c(C#N)c1-c1ccc(OCc2ccc(F)cc2Cl)cc1. The Morgan fingerprint density at radius 1 is 1.11 bits per heavy atom. The summed E-state index contributed by atoms with van der Waals surface area (Å²) in [7, 11) is 0. The third-order valence-electron chi connectivity index (χ3n) is 4.02. The van der Waals surface area contributed by atoms with Gasteiger partial charge >= 0.3 is 0 Å². The Balaban J connectivity index is 1.91. The van der Waals surface area contributed by atoms with Gasteiger partial charge in [-0.25, -0.2) is 4.39 Å². The Labute approximate surface area is 164 Å². The van der Waals surface area contributed by atoms with E-state index in [1.165, 1.54) is 18.2 Å². The number of anilines is 1. The van der Waals surface area contributed by atoms with Crippen molar-refractivity contribution in [3.05, 3.63) is 80.3 Å². The van der Waals surface area contributed by atoms with Crippen molar-refractivity contribution in [2.75, 3.05) is 5.73 Å². The number of benzene rings is 2. The molecule has 0 aliphatic heterocycles. The summed E-state index contributed by atoms with van der Waals surface area (Å²) >= 11 is 5.97. The van der Waals surface area contributed by atoms with Crippen molar-refractivity contribution < 1.29 is 9.13 Å². The van der Waals surface area contributed by atoms with Gasteiger partial charge in [-0.3, -0.25) is 4.79 Å². The van der Waals surface area contributed by atoms with Gasteiger partial charge in [0, 0.05) is 11.1 Å². The summed E-state index contributed by atoms with van der Waals surface area (Å²) in [5, 5.41) is 18.9. The van der Waals surface area contributed by atoms with Crippen molar-refractivity contribution in [3.8, 4) is 29.0 Å². The van der Waals surface area contributed by atoms with Gasteiger partial charge in [0.25, 0.3) is 5.56 Å². The fourth-order valence-corrected chi connectivity index (χ4v) is 2.87. The highest BCUT2D eigenvalue weighted by atomic mass is 35.5. The van der Waals surface area contributed by atoms with Crippen molar-refractivity contribution in [2.24, 2.45) is 0 Å². The fraction of sp³-hybridized carbons (Fsp3) is 0.0500. The summed E-state index contributed by atoms with van der Waals surface area (Å²) in [6, 6.07) is 14.2. The molecular formula is C20H12ClFN4O2. The van der Waals surface area contributed by atoms with Crippen LogP contribution in [0.5, 0.6) is 5.75 Å². The van der Waals surface area contributed by atoms with Crippen LogP contribution in [-0.4, -0.2) is 4.98 Å². The summed E-state index contributed by atoms with van der Waals surface area (Å²) < 4.78 is 18.7. The number of aromatic nitrogens is 1. The van der Waals surface area contributed by atoms with Gasteiger partial charge < -0.3 is 15.5 Å². The van der Waals surface area contributed by atoms with Crippen LogP contribution in [0.2, 0.25) is 5.02 Å². The summed E-state index contributed by atoms with van der Waals surface area (Å²) in [4.78, 5) is 14.3. The number of nitrogens with two attached hydrogens (primary N) is 1. The molecule has 0 atom stereocenters. The van der Waals surface area contributed by atoms with E-state index >= 15 is 0 Å². The molecule has 0 spiro atoms. The van der Waals surface area contributed by atoms with Crippen molar-refractivity contribution in [3.63, 3.8) is 0 Å². The van der Waals surface area contributed by atoms with Crippen molar-refractivity contribution in [1.82, 2.24) is 4.98 Å². The number of nitrogens with one attached hydrogen (secondary N) is 1. The zero-order valence-electron chi connectivity index (χ0n) is 14.3. The molecule has 0 aliphatic carbocycles. The molecule has 6 nitrogen and oxygen atoms in total. The number of hydrogen-bond donors (Lipinski definition) is 2. The zero-order chi connectivity index (χ0) is 20.3. The predicted octanol–water partition coefficient (Wildman–Crippen LogP) is 3.74. The summed E-state index contributed by atoms with van der Waals surface area (Å²) in [5.41, 5.74) is 6.12. The highest BCUT2D eigenvalue weighted by molar-refractivity contribution is 6.31. The van der Waals surface area contributed by atoms with Crippen molar-refractivity contribution in [2.45, 2.75) is 6.61 Å². The molecule has 138 valence electrons. The normalized spacial score (nSPS) is 10.1. The smallest absolute Gasteiger partial charge is 0.268 e. The second kappa shape index (κ2) is 7.83. The molecule has 0 bridgehead atoms. The minimum absolute atomic E-state index is 0.0166. The van der Waals surface area contributed by atoms with Gasteiger partial charge in [0.05, 0.1) is 5.02 Å². The second-order valence-electron chi connectivity index (χ2n) is 5.77. The third kappa shape index (κ3) is 3.66. The molecule has 0 unspecified atom stereocenters. The van der Waals surface area contributed by atoms with Crippen LogP contribution in [0.25, 0.3) is 11.1 Å². The van der Waals surface area contributed by atoms with Crippen molar-refractivity contribution >= 4 is 17.4 Å². The molecule has 3 rings (SSSR count). The number of hydrogen-bond acceptors (Lipinski definition) is 5. The fourth-order valence-electron chi connectivity index (χ4n) is 2.65. The Bertz CT molecular complexity index is 1190. The molecule has 28 heavy (non-hydrogen) atoms. The number of pyridine rings is 1. The average molecular weight is 395 g/mol. The van der Waals surface area contributed by atoms with Gasteiger partial charge in [0.1, 0.15) is 47.3 Å². The van der Waals surface area contributed by atoms with E-state index < -0.39 is 11.4 Å². The van der Waals surface area contributed by atoms with E-state index in [4.69, 9.17) is 22.1 Å². The van der Waals surface area contributed by atoms with E-state index in [-0.39, 0.29) is 34.1 Å². The number of nitrogens with zero attached hydrogens (tertiary/aromatic N) is 2.